The third-order valence-corrected chi connectivity index (χ3v) is 3.13. The van der Waals surface area contributed by atoms with Crippen LogP contribution < -0.4 is 5.73 Å². The fraction of sp³-hybridized carbons (Fsp3) is 0.100. The quantitative estimate of drug-likeness (QED) is 0.534. The summed E-state index contributed by atoms with van der Waals surface area (Å²) in [7, 11) is 0. The van der Waals surface area contributed by atoms with Crippen molar-refractivity contribution in [3.8, 4) is 0 Å². The molecule has 0 saturated heterocycles. The average molecular weight is 287 g/mol. The van der Waals surface area contributed by atoms with Crippen molar-refractivity contribution in [2.24, 2.45) is 0 Å². The van der Waals surface area contributed by atoms with Gasteiger partial charge in [0.2, 0.25) is 0 Å². The number of nitrogens with two attached hydrogens (primary N) is 1. The molecule has 2 heterocycles. The molecule has 88 valence electrons. The number of pyridine rings is 1. The van der Waals surface area contributed by atoms with E-state index in [0.29, 0.717) is 26.9 Å². The molecule has 0 fully saturated rings. The maximum Gasteiger partial charge on any atom is 0.191 e. The number of anilines is 1. The molecule has 2 aromatic heterocycles. The topological polar surface area (TPSA) is 64.7 Å². The van der Waals surface area contributed by atoms with Crippen LogP contribution in [0.1, 0.15) is 5.69 Å². The second kappa shape index (κ2) is 5.53. The smallest absolute Gasteiger partial charge is 0.191 e. The highest BCUT2D eigenvalue weighted by Gasteiger charge is 2.03. The Morgan fingerprint density at radius 2 is 2.06 bits per heavy atom. The van der Waals surface area contributed by atoms with Gasteiger partial charge in [-0.05, 0) is 12.1 Å². The van der Waals surface area contributed by atoms with E-state index in [-0.39, 0.29) is 0 Å². The lowest BCUT2D eigenvalue weighted by molar-refractivity contribution is 0.974. The van der Waals surface area contributed by atoms with E-state index in [9.17, 15) is 0 Å². The van der Waals surface area contributed by atoms with Crippen LogP contribution in [0.5, 0.6) is 0 Å². The molecule has 0 unspecified atom stereocenters. The summed E-state index contributed by atoms with van der Waals surface area (Å²) in [5.41, 5.74) is 6.42. The molecule has 17 heavy (non-hydrogen) atoms. The molecule has 2 N–H and O–H groups in total. The zero-order chi connectivity index (χ0) is 12.3. The minimum absolute atomic E-state index is 0.332. The van der Waals surface area contributed by atoms with Gasteiger partial charge in [-0.1, -0.05) is 35.0 Å². The minimum Gasteiger partial charge on any atom is -0.384 e. The monoisotopic (exact) mass is 286 g/mol. The number of halogens is 2. The molecule has 0 atom stereocenters. The molecular weight excluding hydrogens is 279 g/mol. The summed E-state index contributed by atoms with van der Waals surface area (Å²) in [6.07, 6.45) is 1.66. The molecule has 0 aliphatic rings. The van der Waals surface area contributed by atoms with Crippen LogP contribution in [0.4, 0.5) is 5.82 Å². The van der Waals surface area contributed by atoms with E-state index in [2.05, 4.69) is 15.0 Å². The van der Waals surface area contributed by atoms with Crippen LogP contribution in [0.2, 0.25) is 10.2 Å². The first-order chi connectivity index (χ1) is 8.13. The van der Waals surface area contributed by atoms with Gasteiger partial charge in [0.15, 0.2) is 5.16 Å². The number of hydrogen-bond donors (Lipinski definition) is 1. The molecule has 0 aliphatic carbocycles. The summed E-state index contributed by atoms with van der Waals surface area (Å²) in [6.45, 7) is 0. The summed E-state index contributed by atoms with van der Waals surface area (Å²) < 4.78 is 0. The number of thioether (sulfide) groups is 1. The van der Waals surface area contributed by atoms with Crippen LogP contribution in [-0.2, 0) is 5.75 Å². The molecule has 2 rings (SSSR count). The van der Waals surface area contributed by atoms with Gasteiger partial charge in [0, 0.05) is 23.0 Å². The molecule has 0 amide bonds. The van der Waals surface area contributed by atoms with Crippen LogP contribution in [0.25, 0.3) is 0 Å². The van der Waals surface area contributed by atoms with Crippen molar-refractivity contribution in [3.05, 3.63) is 40.3 Å². The van der Waals surface area contributed by atoms with Gasteiger partial charge in [-0.3, -0.25) is 4.98 Å². The lowest BCUT2D eigenvalue weighted by Gasteiger charge is -2.02. The van der Waals surface area contributed by atoms with Gasteiger partial charge >= 0.3 is 0 Å². The van der Waals surface area contributed by atoms with Crippen molar-refractivity contribution in [1.82, 2.24) is 15.0 Å². The van der Waals surface area contributed by atoms with Crippen LogP contribution in [0, 0.1) is 0 Å². The Morgan fingerprint density at radius 3 is 2.76 bits per heavy atom. The van der Waals surface area contributed by atoms with Crippen molar-refractivity contribution < 1.29 is 0 Å². The summed E-state index contributed by atoms with van der Waals surface area (Å²) in [6, 6.07) is 5.02. The van der Waals surface area contributed by atoms with E-state index in [4.69, 9.17) is 28.9 Å². The highest BCUT2D eigenvalue weighted by atomic mass is 35.5. The van der Waals surface area contributed by atoms with E-state index in [1.807, 2.05) is 0 Å². The fourth-order valence-corrected chi connectivity index (χ4v) is 2.34. The molecule has 0 bridgehead atoms. The van der Waals surface area contributed by atoms with Crippen molar-refractivity contribution in [3.63, 3.8) is 0 Å². The molecule has 0 spiro atoms. The van der Waals surface area contributed by atoms with Crippen molar-refractivity contribution in [1.29, 1.82) is 0 Å². The van der Waals surface area contributed by atoms with Crippen molar-refractivity contribution in [2.75, 3.05) is 5.73 Å². The molecule has 7 heteroatoms. The van der Waals surface area contributed by atoms with Crippen LogP contribution >= 0.6 is 35.0 Å². The van der Waals surface area contributed by atoms with Gasteiger partial charge in [0.05, 0.1) is 5.69 Å². The van der Waals surface area contributed by atoms with Gasteiger partial charge in [0.25, 0.3) is 0 Å². The molecular formula is C10H8Cl2N4S. The normalized spacial score (nSPS) is 10.5. The number of aromatic nitrogens is 3. The summed E-state index contributed by atoms with van der Waals surface area (Å²) in [4.78, 5) is 12.3. The summed E-state index contributed by atoms with van der Waals surface area (Å²) in [5.74, 6) is 0.965. The number of nitrogen functional groups attached to an aromatic ring is 1. The van der Waals surface area contributed by atoms with Crippen LogP contribution in [0.3, 0.4) is 0 Å². The second-order valence-corrected chi connectivity index (χ2v) is 4.92. The van der Waals surface area contributed by atoms with Gasteiger partial charge in [0.1, 0.15) is 11.0 Å². The highest BCUT2D eigenvalue weighted by Crippen LogP contribution is 2.22. The van der Waals surface area contributed by atoms with E-state index < -0.39 is 0 Å². The Morgan fingerprint density at radius 1 is 1.24 bits per heavy atom. The first-order valence-electron chi connectivity index (χ1n) is 4.67. The van der Waals surface area contributed by atoms with Crippen molar-refractivity contribution >= 4 is 40.8 Å². The Bertz CT molecular complexity index is 515. The molecule has 2 aromatic rings. The lowest BCUT2D eigenvalue weighted by atomic mass is 10.4. The Balaban J connectivity index is 2.07. The van der Waals surface area contributed by atoms with Gasteiger partial charge in [-0.15, -0.1) is 0 Å². The second-order valence-electron chi connectivity index (χ2n) is 3.15. The largest absolute Gasteiger partial charge is 0.384 e. The first-order valence-corrected chi connectivity index (χ1v) is 6.41. The standard InChI is InChI=1S/C10H8Cl2N4S/c11-6-1-2-14-7(3-6)5-17-10-15-8(12)4-9(13)16-10/h1-4H,5H2,(H2,13,15,16). The maximum atomic E-state index is 5.86. The fourth-order valence-electron chi connectivity index (χ4n) is 1.14. The zero-order valence-electron chi connectivity index (χ0n) is 8.60. The van der Waals surface area contributed by atoms with E-state index in [1.54, 1.807) is 18.3 Å². The molecule has 0 saturated carbocycles. The van der Waals surface area contributed by atoms with E-state index in [0.717, 1.165) is 5.69 Å². The van der Waals surface area contributed by atoms with E-state index in [1.165, 1.54) is 17.8 Å². The molecule has 4 nitrogen and oxygen atoms in total. The SMILES string of the molecule is Nc1cc(Cl)nc(SCc2cc(Cl)ccn2)n1. The third kappa shape index (κ3) is 3.73. The van der Waals surface area contributed by atoms with E-state index >= 15 is 0 Å². The summed E-state index contributed by atoms with van der Waals surface area (Å²) >= 11 is 13.0. The minimum atomic E-state index is 0.332. The lowest BCUT2D eigenvalue weighted by Crippen LogP contribution is -1.95. The average Bonchev–Trinajstić information content (AvgIpc) is 2.25. The van der Waals surface area contributed by atoms with Crippen LogP contribution in [0.15, 0.2) is 29.6 Å². The highest BCUT2D eigenvalue weighted by molar-refractivity contribution is 7.98. The van der Waals surface area contributed by atoms with Crippen molar-refractivity contribution in [2.45, 2.75) is 10.9 Å². The first kappa shape index (κ1) is 12.4. The Labute approximate surface area is 113 Å². The molecule has 0 aromatic carbocycles. The molecule has 0 aliphatic heterocycles. The number of nitrogens with zero attached hydrogens (tertiary/aromatic N) is 3. The number of rotatable bonds is 3. The Hall–Kier alpha value is -1.04. The zero-order valence-corrected chi connectivity index (χ0v) is 10.9. The van der Waals surface area contributed by atoms with Gasteiger partial charge in [-0.25, -0.2) is 9.97 Å². The van der Waals surface area contributed by atoms with Gasteiger partial charge in [-0.2, -0.15) is 0 Å². The maximum absolute atomic E-state index is 5.86. The predicted octanol–water partition coefficient (Wildman–Crippen LogP) is 3.05. The predicted molar refractivity (Wildman–Crippen MR) is 70.3 cm³/mol. The van der Waals surface area contributed by atoms with Gasteiger partial charge < -0.3 is 5.73 Å². The Kier molecular flexibility index (Phi) is 4.04. The molecule has 0 radical (unpaired) electrons. The third-order valence-electron chi connectivity index (χ3n) is 1.82. The summed E-state index contributed by atoms with van der Waals surface area (Å²) in [5, 5.41) is 1.51. The van der Waals surface area contributed by atoms with Crippen LogP contribution in [-0.4, -0.2) is 15.0 Å². The number of hydrogen-bond acceptors (Lipinski definition) is 5.